The summed E-state index contributed by atoms with van der Waals surface area (Å²) in [6.45, 7) is 3.05. The van der Waals surface area contributed by atoms with Gasteiger partial charge in [0, 0.05) is 16.6 Å². The highest BCUT2D eigenvalue weighted by atomic mass is 79.9. The highest BCUT2D eigenvalue weighted by Gasteiger charge is 2.25. The topological polar surface area (TPSA) is 86.6 Å². The van der Waals surface area contributed by atoms with Gasteiger partial charge in [0.2, 0.25) is 0 Å². The number of aryl methyl sites for hydroxylation is 1. The van der Waals surface area contributed by atoms with E-state index in [-0.39, 0.29) is 12.5 Å². The number of carboxylic acids is 1. The van der Waals surface area contributed by atoms with Crippen molar-refractivity contribution in [2.45, 2.75) is 25.9 Å². The molecule has 1 amide bonds. The molecule has 0 saturated carbocycles. The molecular weight excluding hydrogens is 314 g/mol. The Morgan fingerprint density at radius 1 is 1.42 bits per heavy atom. The number of aliphatic carboxylic acids is 1. The Labute approximate surface area is 119 Å². The fraction of sp³-hybridized carbons (Fsp3) is 0.385. The third kappa shape index (κ3) is 5.00. The maximum atomic E-state index is 12.0. The molecule has 0 aromatic heterocycles. The zero-order valence-electron chi connectivity index (χ0n) is 10.7. The summed E-state index contributed by atoms with van der Waals surface area (Å²) in [6, 6.07) is 5.30. The van der Waals surface area contributed by atoms with Gasteiger partial charge in [-0.05, 0) is 31.5 Å². The number of aliphatic hydroxyl groups is 1. The Morgan fingerprint density at radius 2 is 2.05 bits per heavy atom. The van der Waals surface area contributed by atoms with Crippen LogP contribution in [0.15, 0.2) is 22.7 Å². The summed E-state index contributed by atoms with van der Waals surface area (Å²) in [5.74, 6) is -1.46. The lowest BCUT2D eigenvalue weighted by Gasteiger charge is -2.21. The first kappa shape index (κ1) is 15.7. The van der Waals surface area contributed by atoms with Gasteiger partial charge in [0.15, 0.2) is 0 Å². The maximum Gasteiger partial charge on any atom is 0.306 e. The first-order valence-electron chi connectivity index (χ1n) is 5.70. The van der Waals surface area contributed by atoms with E-state index in [1.807, 2.05) is 6.07 Å². The van der Waals surface area contributed by atoms with Crippen LogP contribution in [0.2, 0.25) is 0 Å². The predicted octanol–water partition coefficient (Wildman–Crippen LogP) is 1.71. The molecular formula is C13H16BrNO4. The number of carboxylic acid groups (broad SMARTS) is 1. The van der Waals surface area contributed by atoms with E-state index in [1.165, 1.54) is 6.92 Å². The number of hydrogen-bond donors (Lipinski definition) is 3. The van der Waals surface area contributed by atoms with Gasteiger partial charge in [0.1, 0.15) is 0 Å². The van der Waals surface area contributed by atoms with Gasteiger partial charge in [0.25, 0.3) is 5.91 Å². The molecule has 0 aliphatic rings. The van der Waals surface area contributed by atoms with Crippen LogP contribution in [0, 0.1) is 6.92 Å². The molecule has 0 bridgehead atoms. The fourth-order valence-corrected chi connectivity index (χ4v) is 1.95. The zero-order chi connectivity index (χ0) is 14.6. The fourth-order valence-electron chi connectivity index (χ4n) is 1.59. The van der Waals surface area contributed by atoms with Gasteiger partial charge in [-0.2, -0.15) is 0 Å². The highest BCUT2D eigenvalue weighted by Crippen LogP contribution is 2.16. The smallest absolute Gasteiger partial charge is 0.306 e. The molecule has 0 heterocycles. The summed E-state index contributed by atoms with van der Waals surface area (Å²) in [5, 5.41) is 21.0. The van der Waals surface area contributed by atoms with E-state index in [2.05, 4.69) is 21.2 Å². The molecule has 0 saturated heterocycles. The van der Waals surface area contributed by atoms with E-state index in [4.69, 9.17) is 5.11 Å². The SMILES string of the molecule is Cc1ccc(Br)cc1C(=O)NCC(C)(O)CC(=O)O. The molecule has 6 heteroatoms. The third-order valence-electron chi connectivity index (χ3n) is 2.61. The number of carbonyl (C=O) groups excluding carboxylic acids is 1. The van der Waals surface area contributed by atoms with Crippen LogP contribution in [0.5, 0.6) is 0 Å². The Kier molecular flexibility index (Phi) is 5.08. The first-order valence-corrected chi connectivity index (χ1v) is 6.49. The second kappa shape index (κ2) is 6.16. The van der Waals surface area contributed by atoms with Crippen molar-refractivity contribution in [1.82, 2.24) is 5.32 Å². The van der Waals surface area contributed by atoms with E-state index >= 15 is 0 Å². The molecule has 1 aromatic carbocycles. The van der Waals surface area contributed by atoms with Crippen molar-refractivity contribution in [3.05, 3.63) is 33.8 Å². The number of benzene rings is 1. The highest BCUT2D eigenvalue weighted by molar-refractivity contribution is 9.10. The van der Waals surface area contributed by atoms with Crippen molar-refractivity contribution >= 4 is 27.8 Å². The summed E-state index contributed by atoms with van der Waals surface area (Å²) < 4.78 is 0.778. The molecule has 0 aliphatic carbocycles. The van der Waals surface area contributed by atoms with E-state index < -0.39 is 18.0 Å². The van der Waals surface area contributed by atoms with Gasteiger partial charge < -0.3 is 15.5 Å². The maximum absolute atomic E-state index is 12.0. The molecule has 1 rings (SSSR count). The van der Waals surface area contributed by atoms with E-state index in [9.17, 15) is 14.7 Å². The number of hydrogen-bond acceptors (Lipinski definition) is 3. The zero-order valence-corrected chi connectivity index (χ0v) is 12.3. The molecule has 1 unspecified atom stereocenters. The largest absolute Gasteiger partial charge is 0.481 e. The third-order valence-corrected chi connectivity index (χ3v) is 3.10. The Bertz CT molecular complexity index is 499. The van der Waals surface area contributed by atoms with Crippen LogP contribution >= 0.6 is 15.9 Å². The van der Waals surface area contributed by atoms with Crippen molar-refractivity contribution in [1.29, 1.82) is 0 Å². The molecule has 0 aliphatic heterocycles. The lowest BCUT2D eigenvalue weighted by Crippen LogP contribution is -2.42. The molecule has 1 aromatic rings. The number of carbonyl (C=O) groups is 2. The molecule has 5 nitrogen and oxygen atoms in total. The Morgan fingerprint density at radius 3 is 2.63 bits per heavy atom. The second-order valence-electron chi connectivity index (χ2n) is 4.71. The number of amides is 1. The van der Waals surface area contributed by atoms with Crippen molar-refractivity contribution in [3.8, 4) is 0 Å². The van der Waals surface area contributed by atoms with Gasteiger partial charge in [-0.25, -0.2) is 0 Å². The average molecular weight is 330 g/mol. The molecule has 1 atom stereocenters. The van der Waals surface area contributed by atoms with Crippen LogP contribution in [0.25, 0.3) is 0 Å². The van der Waals surface area contributed by atoms with Crippen LogP contribution in [0.1, 0.15) is 29.3 Å². The molecule has 104 valence electrons. The van der Waals surface area contributed by atoms with Crippen LogP contribution in [-0.2, 0) is 4.79 Å². The minimum Gasteiger partial charge on any atom is -0.481 e. The van der Waals surface area contributed by atoms with Crippen molar-refractivity contribution < 1.29 is 19.8 Å². The van der Waals surface area contributed by atoms with Crippen molar-refractivity contribution in [3.63, 3.8) is 0 Å². The standard InChI is InChI=1S/C13H16BrNO4/c1-8-3-4-9(14)5-10(8)12(18)15-7-13(2,19)6-11(16)17/h3-5,19H,6-7H2,1-2H3,(H,15,18)(H,16,17). The van der Waals surface area contributed by atoms with Crippen molar-refractivity contribution in [2.75, 3.05) is 6.54 Å². The van der Waals surface area contributed by atoms with Gasteiger partial charge in [-0.15, -0.1) is 0 Å². The molecule has 19 heavy (non-hydrogen) atoms. The first-order chi connectivity index (χ1) is 8.71. The number of halogens is 1. The summed E-state index contributed by atoms with van der Waals surface area (Å²) in [4.78, 5) is 22.5. The molecule has 0 radical (unpaired) electrons. The van der Waals surface area contributed by atoms with E-state index in [0.717, 1.165) is 10.0 Å². The van der Waals surface area contributed by atoms with Gasteiger partial charge in [-0.3, -0.25) is 9.59 Å². The van der Waals surface area contributed by atoms with Crippen LogP contribution in [-0.4, -0.2) is 34.2 Å². The summed E-state index contributed by atoms with van der Waals surface area (Å²) in [6.07, 6.45) is -0.426. The summed E-state index contributed by atoms with van der Waals surface area (Å²) >= 11 is 3.28. The monoisotopic (exact) mass is 329 g/mol. The number of nitrogens with one attached hydrogen (secondary N) is 1. The quantitative estimate of drug-likeness (QED) is 0.767. The lowest BCUT2D eigenvalue weighted by molar-refractivity contribution is -0.141. The second-order valence-corrected chi connectivity index (χ2v) is 5.63. The van der Waals surface area contributed by atoms with Crippen molar-refractivity contribution in [2.24, 2.45) is 0 Å². The van der Waals surface area contributed by atoms with Gasteiger partial charge >= 0.3 is 5.97 Å². The van der Waals surface area contributed by atoms with E-state index in [0.29, 0.717) is 5.56 Å². The molecule has 0 spiro atoms. The van der Waals surface area contributed by atoms with Gasteiger partial charge in [0.05, 0.1) is 12.0 Å². The van der Waals surface area contributed by atoms with Crippen LogP contribution in [0.3, 0.4) is 0 Å². The van der Waals surface area contributed by atoms with Crippen LogP contribution < -0.4 is 5.32 Å². The molecule has 0 fully saturated rings. The minimum atomic E-state index is -1.47. The lowest BCUT2D eigenvalue weighted by atomic mass is 10.0. The summed E-state index contributed by atoms with van der Waals surface area (Å²) in [5.41, 5.74) is -0.180. The Hall–Kier alpha value is -1.40. The minimum absolute atomic E-state index is 0.121. The van der Waals surface area contributed by atoms with Crippen LogP contribution in [0.4, 0.5) is 0 Å². The summed E-state index contributed by atoms with van der Waals surface area (Å²) in [7, 11) is 0. The molecule has 3 N–H and O–H groups in total. The normalized spacial score (nSPS) is 13.7. The predicted molar refractivity (Wildman–Crippen MR) is 74.1 cm³/mol. The Balaban J connectivity index is 2.70. The van der Waals surface area contributed by atoms with E-state index in [1.54, 1.807) is 19.1 Å². The average Bonchev–Trinajstić information content (AvgIpc) is 2.27. The number of rotatable bonds is 5. The van der Waals surface area contributed by atoms with Gasteiger partial charge in [-0.1, -0.05) is 22.0 Å².